The van der Waals surface area contributed by atoms with Crippen molar-refractivity contribution in [3.63, 3.8) is 0 Å². The molecule has 0 amide bonds. The van der Waals surface area contributed by atoms with Crippen molar-refractivity contribution >= 4 is 0 Å². The Balaban J connectivity index is 1.07. The summed E-state index contributed by atoms with van der Waals surface area (Å²) in [6.07, 6.45) is 25.0. The van der Waals surface area contributed by atoms with Gasteiger partial charge in [-0.2, -0.15) is 0 Å². The number of ether oxygens (including phenoxy) is 2. The molecule has 2 aliphatic rings. The smallest absolute Gasteiger partial charge is 0.119 e. The molecule has 0 heterocycles. The van der Waals surface area contributed by atoms with Crippen molar-refractivity contribution in [3.8, 4) is 22.6 Å². The van der Waals surface area contributed by atoms with Gasteiger partial charge in [-0.1, -0.05) is 128 Å². The minimum absolute atomic E-state index is 0.835. The maximum Gasteiger partial charge on any atom is 0.119 e. The van der Waals surface area contributed by atoms with Gasteiger partial charge in [-0.3, -0.25) is 0 Å². The molecule has 0 bridgehead atoms. The topological polar surface area (TPSA) is 18.5 Å². The third-order valence-electron chi connectivity index (χ3n) is 9.96. The molecule has 2 heteroatoms. The molecule has 4 rings (SSSR count). The SMILES string of the molecule is CCCCC1CCC(CCCOc2ccc(-c3ccc(OCCCC4CCC(CCCC)CC4)cc3)cc2)CC1. The molecule has 0 spiro atoms. The van der Waals surface area contributed by atoms with Gasteiger partial charge in [0, 0.05) is 0 Å². The van der Waals surface area contributed by atoms with Gasteiger partial charge in [0.2, 0.25) is 0 Å². The predicted octanol–water partition coefficient (Wildman–Crippen LogP) is 11.7. The number of hydrogen-bond acceptors (Lipinski definition) is 2. The summed E-state index contributed by atoms with van der Waals surface area (Å²) in [5, 5.41) is 0. The van der Waals surface area contributed by atoms with Crippen LogP contribution in [-0.2, 0) is 0 Å². The molecule has 2 aromatic carbocycles. The highest BCUT2D eigenvalue weighted by Crippen LogP contribution is 2.35. The Hall–Kier alpha value is -1.96. The number of rotatable bonds is 17. The maximum atomic E-state index is 6.08. The third-order valence-corrected chi connectivity index (χ3v) is 9.96. The second-order valence-electron chi connectivity index (χ2n) is 13.1. The van der Waals surface area contributed by atoms with Crippen LogP contribution in [-0.4, -0.2) is 13.2 Å². The van der Waals surface area contributed by atoms with E-state index in [2.05, 4.69) is 62.4 Å². The Morgan fingerprint density at radius 1 is 0.450 bits per heavy atom. The van der Waals surface area contributed by atoms with Crippen molar-refractivity contribution in [1.82, 2.24) is 0 Å². The van der Waals surface area contributed by atoms with E-state index in [1.54, 1.807) is 0 Å². The van der Waals surface area contributed by atoms with Crippen molar-refractivity contribution in [1.29, 1.82) is 0 Å². The summed E-state index contributed by atoms with van der Waals surface area (Å²) in [6.45, 7) is 6.30. The van der Waals surface area contributed by atoms with Gasteiger partial charge in [-0.25, -0.2) is 0 Å². The van der Waals surface area contributed by atoms with Gasteiger partial charge < -0.3 is 9.47 Å². The number of benzene rings is 2. The van der Waals surface area contributed by atoms with Gasteiger partial charge in [0.1, 0.15) is 11.5 Å². The van der Waals surface area contributed by atoms with Crippen LogP contribution in [0.25, 0.3) is 11.1 Å². The van der Waals surface area contributed by atoms with E-state index in [0.29, 0.717) is 0 Å². The summed E-state index contributed by atoms with van der Waals surface area (Å²) in [5.41, 5.74) is 2.46. The molecule has 40 heavy (non-hydrogen) atoms. The zero-order chi connectivity index (χ0) is 27.8. The Kier molecular flexibility index (Phi) is 13.8. The van der Waals surface area contributed by atoms with Crippen molar-refractivity contribution < 1.29 is 9.47 Å². The molecule has 0 radical (unpaired) electrons. The average Bonchev–Trinajstić information content (AvgIpc) is 3.01. The first kappa shape index (κ1) is 31.0. The average molecular weight is 547 g/mol. The fourth-order valence-electron chi connectivity index (χ4n) is 7.21. The molecule has 0 saturated heterocycles. The minimum Gasteiger partial charge on any atom is -0.494 e. The molecule has 222 valence electrons. The van der Waals surface area contributed by atoms with Crippen molar-refractivity contribution in [2.75, 3.05) is 13.2 Å². The minimum atomic E-state index is 0.835. The molecule has 0 aromatic heterocycles. The van der Waals surface area contributed by atoms with E-state index >= 15 is 0 Å². The van der Waals surface area contributed by atoms with Crippen molar-refractivity contribution in [3.05, 3.63) is 48.5 Å². The van der Waals surface area contributed by atoms with E-state index in [4.69, 9.17) is 9.47 Å². The van der Waals surface area contributed by atoms with Crippen molar-refractivity contribution in [2.45, 2.75) is 129 Å². The maximum absolute atomic E-state index is 6.08. The summed E-state index contributed by atoms with van der Waals surface area (Å²) in [5.74, 6) is 5.85. The molecule has 2 saturated carbocycles. The normalized spacial score (nSPS) is 23.1. The lowest BCUT2D eigenvalue weighted by Crippen LogP contribution is -2.15. The zero-order valence-electron chi connectivity index (χ0n) is 25.9. The van der Waals surface area contributed by atoms with E-state index in [-0.39, 0.29) is 0 Å². The standard InChI is InChI=1S/C38H58O2/c1-3-5-9-31-13-17-33(18-14-31)11-7-29-39-37-25-21-35(22-26-37)36-23-27-38(28-24-36)40-30-8-12-34-19-15-32(16-20-34)10-6-4-2/h21-28,31-34H,3-20,29-30H2,1-2H3. The lowest BCUT2D eigenvalue weighted by molar-refractivity contribution is 0.228. The van der Waals surface area contributed by atoms with Gasteiger partial charge in [0.15, 0.2) is 0 Å². The summed E-state index contributed by atoms with van der Waals surface area (Å²) in [4.78, 5) is 0. The van der Waals surface area contributed by atoms with Gasteiger partial charge >= 0.3 is 0 Å². The molecule has 0 N–H and O–H groups in total. The molecule has 0 atom stereocenters. The first-order chi connectivity index (χ1) is 19.7. The van der Waals surface area contributed by atoms with Crippen molar-refractivity contribution in [2.24, 2.45) is 23.7 Å². The van der Waals surface area contributed by atoms with Gasteiger partial charge in [0.05, 0.1) is 13.2 Å². The Morgan fingerprint density at radius 3 is 1.05 bits per heavy atom. The van der Waals surface area contributed by atoms with Gasteiger partial charge in [0.25, 0.3) is 0 Å². The molecule has 0 unspecified atom stereocenters. The van der Waals surface area contributed by atoms with E-state index in [9.17, 15) is 0 Å². The highest BCUT2D eigenvalue weighted by molar-refractivity contribution is 5.64. The largest absolute Gasteiger partial charge is 0.494 e. The summed E-state index contributed by atoms with van der Waals surface area (Å²) in [7, 11) is 0. The van der Waals surface area contributed by atoms with Crippen LogP contribution in [0.2, 0.25) is 0 Å². The molecule has 2 nitrogen and oxygen atoms in total. The van der Waals surface area contributed by atoms with Crippen LogP contribution < -0.4 is 9.47 Å². The van der Waals surface area contributed by atoms with Gasteiger partial charge in [-0.15, -0.1) is 0 Å². The summed E-state index contributed by atoms with van der Waals surface area (Å²) >= 11 is 0. The molecule has 2 fully saturated rings. The molecule has 0 aliphatic heterocycles. The van der Waals surface area contributed by atoms with Gasteiger partial charge in [-0.05, 0) is 84.7 Å². The number of unbranched alkanes of at least 4 members (excludes halogenated alkanes) is 2. The van der Waals surface area contributed by atoms with Crippen LogP contribution in [0.5, 0.6) is 11.5 Å². The molecule has 2 aromatic rings. The van der Waals surface area contributed by atoms with Crippen LogP contribution in [0.3, 0.4) is 0 Å². The zero-order valence-corrected chi connectivity index (χ0v) is 25.9. The lowest BCUT2D eigenvalue weighted by atomic mass is 9.78. The Bertz CT molecular complexity index is 824. The number of hydrogen-bond donors (Lipinski definition) is 0. The van der Waals surface area contributed by atoms with E-state index < -0.39 is 0 Å². The quantitative estimate of drug-likeness (QED) is 0.184. The third kappa shape index (κ3) is 10.8. The first-order valence-corrected chi connectivity index (χ1v) is 17.2. The second kappa shape index (κ2) is 17.8. The van der Waals surface area contributed by atoms with Crippen LogP contribution in [0, 0.1) is 23.7 Å². The second-order valence-corrected chi connectivity index (χ2v) is 13.1. The van der Waals surface area contributed by atoms with E-state index in [0.717, 1.165) is 48.4 Å². The Morgan fingerprint density at radius 2 is 0.750 bits per heavy atom. The lowest BCUT2D eigenvalue weighted by Gasteiger charge is -2.28. The van der Waals surface area contributed by atoms with Crippen LogP contribution in [0.4, 0.5) is 0 Å². The molecular formula is C38H58O2. The predicted molar refractivity (Wildman–Crippen MR) is 171 cm³/mol. The fraction of sp³-hybridized carbons (Fsp3) is 0.684. The van der Waals surface area contributed by atoms with E-state index in [1.807, 2.05) is 0 Å². The molecular weight excluding hydrogens is 488 g/mol. The highest BCUT2D eigenvalue weighted by Gasteiger charge is 2.21. The van der Waals surface area contributed by atoms with Crippen LogP contribution in [0.1, 0.15) is 129 Å². The highest BCUT2D eigenvalue weighted by atomic mass is 16.5. The van der Waals surface area contributed by atoms with Crippen LogP contribution >= 0.6 is 0 Å². The first-order valence-electron chi connectivity index (χ1n) is 17.2. The molecule has 2 aliphatic carbocycles. The van der Waals surface area contributed by atoms with E-state index in [1.165, 1.54) is 127 Å². The summed E-state index contributed by atoms with van der Waals surface area (Å²) < 4.78 is 12.2. The summed E-state index contributed by atoms with van der Waals surface area (Å²) in [6, 6.07) is 17.2. The Labute approximate surface area is 246 Å². The monoisotopic (exact) mass is 546 g/mol. The van der Waals surface area contributed by atoms with Crippen LogP contribution in [0.15, 0.2) is 48.5 Å². The fourth-order valence-corrected chi connectivity index (χ4v) is 7.21.